The van der Waals surface area contributed by atoms with Crippen LogP contribution in [0.2, 0.25) is 0 Å². The van der Waals surface area contributed by atoms with Crippen LogP contribution in [0.5, 0.6) is 11.8 Å². The highest BCUT2D eigenvalue weighted by Gasteiger charge is 2.45. The molecule has 4 rings (SSSR count). The second-order valence-electron chi connectivity index (χ2n) is 7.95. The molecule has 14 heteroatoms. The molecule has 5 atom stereocenters. The van der Waals surface area contributed by atoms with Crippen LogP contribution in [0.15, 0.2) is 30.6 Å². The van der Waals surface area contributed by atoms with Crippen molar-refractivity contribution >= 4 is 23.0 Å². The molecule has 0 aliphatic carbocycles. The summed E-state index contributed by atoms with van der Waals surface area (Å²) in [6, 6.07) is 6.13. The maximum atomic E-state index is 11.7. The van der Waals surface area contributed by atoms with Crippen LogP contribution in [0.4, 0.5) is 5.82 Å². The quantitative estimate of drug-likeness (QED) is 0.210. The molecule has 2 aromatic heterocycles. The summed E-state index contributed by atoms with van der Waals surface area (Å²) < 4.78 is 23.0. The van der Waals surface area contributed by atoms with E-state index in [0.29, 0.717) is 11.3 Å². The van der Waals surface area contributed by atoms with Gasteiger partial charge in [-0.15, -0.1) is 0 Å². The first kappa shape index (κ1) is 25.5. The van der Waals surface area contributed by atoms with E-state index in [9.17, 15) is 25.2 Å². The first-order chi connectivity index (χ1) is 17.3. The van der Waals surface area contributed by atoms with Crippen molar-refractivity contribution in [3.05, 3.63) is 36.2 Å². The number of carbonyl (C=O) groups is 1. The van der Waals surface area contributed by atoms with Gasteiger partial charge < -0.3 is 45.1 Å². The second-order valence-corrected chi connectivity index (χ2v) is 7.95. The van der Waals surface area contributed by atoms with E-state index in [1.807, 2.05) is 0 Å². The van der Waals surface area contributed by atoms with Gasteiger partial charge in [0.1, 0.15) is 49.7 Å². The van der Waals surface area contributed by atoms with E-state index in [2.05, 4.69) is 15.0 Å². The lowest BCUT2D eigenvalue weighted by Gasteiger charge is -2.20. The number of aromatic nitrogens is 4. The van der Waals surface area contributed by atoms with Crippen LogP contribution in [-0.2, 0) is 9.47 Å². The Kier molecular flexibility index (Phi) is 7.81. The predicted octanol–water partition coefficient (Wildman–Crippen LogP) is -0.985. The number of nitrogen functional groups attached to an aromatic ring is 1. The van der Waals surface area contributed by atoms with Crippen LogP contribution in [0.1, 0.15) is 23.5 Å². The Morgan fingerprint density at radius 3 is 2.56 bits per heavy atom. The number of hydrogen-bond acceptors (Lipinski definition) is 13. The van der Waals surface area contributed by atoms with E-state index < -0.39 is 43.2 Å². The van der Waals surface area contributed by atoms with Crippen molar-refractivity contribution in [1.29, 1.82) is 0 Å². The highest BCUT2D eigenvalue weighted by atomic mass is 16.6. The third-order valence-corrected chi connectivity index (χ3v) is 5.46. The Bertz CT molecular complexity index is 1190. The summed E-state index contributed by atoms with van der Waals surface area (Å²) in [5.41, 5.74) is 6.60. The maximum absolute atomic E-state index is 11.7. The van der Waals surface area contributed by atoms with Gasteiger partial charge in [-0.2, -0.15) is 4.98 Å². The lowest BCUT2D eigenvalue weighted by Crippen LogP contribution is -2.33. The molecule has 3 aromatic rings. The van der Waals surface area contributed by atoms with Gasteiger partial charge in [0.25, 0.3) is 0 Å². The predicted molar refractivity (Wildman–Crippen MR) is 122 cm³/mol. The van der Waals surface area contributed by atoms with Gasteiger partial charge in [0, 0.05) is 0 Å². The number of nitrogens with two attached hydrogens (primary N) is 1. The number of carbonyl (C=O) groups excluding carboxylic acids is 1. The number of ether oxygens (including phenoxy) is 4. The Morgan fingerprint density at radius 1 is 1.17 bits per heavy atom. The molecule has 0 radical (unpaired) electrons. The molecule has 0 amide bonds. The topological polar surface area (TPSA) is 205 Å². The van der Waals surface area contributed by atoms with Gasteiger partial charge in [-0.1, -0.05) is 0 Å². The molecule has 1 aliphatic rings. The van der Waals surface area contributed by atoms with Crippen LogP contribution >= 0.6 is 0 Å². The summed E-state index contributed by atoms with van der Waals surface area (Å²) in [7, 11) is 0. The summed E-state index contributed by atoms with van der Waals surface area (Å²) in [4.78, 5) is 24.0. The first-order valence-electron chi connectivity index (χ1n) is 11.2. The molecule has 6 N–H and O–H groups in total. The zero-order chi connectivity index (χ0) is 25.8. The number of imidazole rings is 1. The van der Waals surface area contributed by atoms with Crippen molar-refractivity contribution in [2.45, 2.75) is 37.6 Å². The van der Waals surface area contributed by atoms with Crippen LogP contribution in [0, 0.1) is 0 Å². The highest BCUT2D eigenvalue weighted by molar-refractivity contribution is 5.89. The Morgan fingerprint density at radius 2 is 1.89 bits per heavy atom. The molecule has 1 unspecified atom stereocenters. The summed E-state index contributed by atoms with van der Waals surface area (Å²) in [6.07, 6.45) is -4.93. The van der Waals surface area contributed by atoms with Gasteiger partial charge in [-0.05, 0) is 31.2 Å². The molecule has 0 bridgehead atoms. The normalized spacial score (nSPS) is 22.5. The Balaban J connectivity index is 1.44. The fraction of sp³-hybridized carbons (Fsp3) is 0.455. The van der Waals surface area contributed by atoms with E-state index >= 15 is 0 Å². The summed E-state index contributed by atoms with van der Waals surface area (Å²) in [5, 5.41) is 40.5. The molecule has 0 saturated carbocycles. The van der Waals surface area contributed by atoms with E-state index in [0.717, 1.165) is 0 Å². The van der Waals surface area contributed by atoms with Crippen molar-refractivity contribution in [2.24, 2.45) is 0 Å². The standard InChI is InChI=1S/C22H27N5O9/c1-2-33-21(32)11-3-5-13(6-4-11)34-8-12(29)9-35-22-26-15-18(23)24-10-25-19(15)27(22)20-17(31)16(30)14(7-28)36-20/h3-6,10,12,14,16-17,20,28-31H,2,7-9H2,1H3,(H2,23,24,25)/t12?,14-,16-,17-,20-/m1/s1. The minimum atomic E-state index is -1.43. The van der Waals surface area contributed by atoms with Gasteiger partial charge in [0.2, 0.25) is 0 Å². The molecule has 1 aliphatic heterocycles. The molecule has 1 aromatic carbocycles. The number of hydrogen-bond donors (Lipinski definition) is 5. The first-order valence-corrected chi connectivity index (χ1v) is 11.2. The number of aliphatic hydroxyl groups excluding tert-OH is 4. The van der Waals surface area contributed by atoms with Crippen molar-refractivity contribution in [2.75, 3.05) is 32.2 Å². The molecule has 1 saturated heterocycles. The summed E-state index contributed by atoms with van der Waals surface area (Å²) in [5.74, 6) is 0.0225. The molecular formula is C22H27N5O9. The number of anilines is 1. The van der Waals surface area contributed by atoms with Crippen LogP contribution in [0.3, 0.4) is 0 Å². The zero-order valence-electron chi connectivity index (χ0n) is 19.3. The van der Waals surface area contributed by atoms with Crippen molar-refractivity contribution in [1.82, 2.24) is 19.5 Å². The summed E-state index contributed by atoms with van der Waals surface area (Å²) in [6.45, 7) is 1.05. The van der Waals surface area contributed by atoms with Crippen molar-refractivity contribution in [3.8, 4) is 11.8 Å². The average molecular weight is 505 g/mol. The van der Waals surface area contributed by atoms with E-state index in [-0.39, 0.29) is 42.8 Å². The lowest BCUT2D eigenvalue weighted by molar-refractivity contribution is -0.0554. The average Bonchev–Trinajstić information content (AvgIpc) is 3.39. The maximum Gasteiger partial charge on any atom is 0.338 e. The van der Waals surface area contributed by atoms with Crippen molar-refractivity contribution in [3.63, 3.8) is 0 Å². The number of rotatable bonds is 10. The number of esters is 1. The smallest absolute Gasteiger partial charge is 0.338 e. The third-order valence-electron chi connectivity index (χ3n) is 5.46. The van der Waals surface area contributed by atoms with Gasteiger partial charge in [0.05, 0.1) is 18.8 Å². The lowest BCUT2D eigenvalue weighted by atomic mass is 10.1. The monoisotopic (exact) mass is 505 g/mol. The van der Waals surface area contributed by atoms with Gasteiger partial charge in [0.15, 0.2) is 23.2 Å². The fourth-order valence-corrected chi connectivity index (χ4v) is 3.64. The highest BCUT2D eigenvalue weighted by Crippen LogP contribution is 2.35. The number of nitrogens with zero attached hydrogens (tertiary/aromatic N) is 4. The molecule has 0 spiro atoms. The molecule has 3 heterocycles. The van der Waals surface area contributed by atoms with Crippen LogP contribution < -0.4 is 15.2 Å². The molecule has 194 valence electrons. The molecule has 14 nitrogen and oxygen atoms in total. The third kappa shape index (κ3) is 5.17. The second kappa shape index (κ2) is 11.0. The minimum absolute atomic E-state index is 0.0468. The molecule has 36 heavy (non-hydrogen) atoms. The van der Waals surface area contributed by atoms with Gasteiger partial charge in [-0.25, -0.2) is 19.3 Å². The Labute approximate surface area is 204 Å². The van der Waals surface area contributed by atoms with Crippen LogP contribution in [-0.4, -0.2) is 96.8 Å². The van der Waals surface area contributed by atoms with E-state index in [1.165, 1.54) is 10.9 Å². The largest absolute Gasteiger partial charge is 0.491 e. The van der Waals surface area contributed by atoms with Gasteiger partial charge >= 0.3 is 12.0 Å². The fourth-order valence-electron chi connectivity index (χ4n) is 3.64. The van der Waals surface area contributed by atoms with Crippen molar-refractivity contribution < 1.29 is 44.2 Å². The number of benzene rings is 1. The van der Waals surface area contributed by atoms with Crippen LogP contribution in [0.25, 0.3) is 11.2 Å². The molecule has 1 fully saturated rings. The van der Waals surface area contributed by atoms with E-state index in [4.69, 9.17) is 24.7 Å². The Hall–Kier alpha value is -3.56. The number of aliphatic hydroxyl groups is 4. The number of fused-ring (bicyclic) bond motifs is 1. The van der Waals surface area contributed by atoms with Gasteiger partial charge in [-0.3, -0.25) is 0 Å². The molecular weight excluding hydrogens is 478 g/mol. The minimum Gasteiger partial charge on any atom is -0.491 e. The summed E-state index contributed by atoms with van der Waals surface area (Å²) >= 11 is 0. The van der Waals surface area contributed by atoms with E-state index in [1.54, 1.807) is 31.2 Å². The zero-order valence-corrected chi connectivity index (χ0v) is 19.3. The SMILES string of the molecule is CCOC(=O)c1ccc(OCC(O)COc2nc3c(N)ncnc3n2[C@@H]2O[C@H](CO)[C@@H](O)[C@H]2O)cc1.